The minimum Gasteiger partial charge on any atom is -0.325 e. The molecule has 146 valence electrons. The number of fused-ring (bicyclic) bond motifs is 1. The Morgan fingerprint density at radius 3 is 2.52 bits per heavy atom. The molecule has 0 spiro atoms. The van der Waals surface area contributed by atoms with Crippen molar-refractivity contribution in [1.29, 1.82) is 0 Å². The highest BCUT2D eigenvalue weighted by molar-refractivity contribution is 7.17. The lowest BCUT2D eigenvalue weighted by molar-refractivity contribution is -0.116. The number of benzene rings is 2. The molecule has 2 aromatic carbocycles. The maximum atomic E-state index is 13.1. The first kappa shape index (κ1) is 19.1. The van der Waals surface area contributed by atoms with Crippen LogP contribution in [0.1, 0.15) is 25.3 Å². The molecule has 0 radical (unpaired) electrons. The first-order valence-corrected chi connectivity index (χ1v) is 10.3. The van der Waals surface area contributed by atoms with Gasteiger partial charge in [-0.3, -0.25) is 14.2 Å². The van der Waals surface area contributed by atoms with Crippen molar-refractivity contribution in [3.05, 3.63) is 82.2 Å². The molecule has 4 aromatic rings. The molecule has 2 aromatic heterocycles. The Bertz CT molecular complexity index is 1210. The van der Waals surface area contributed by atoms with Crippen LogP contribution in [0.25, 0.3) is 21.3 Å². The molecule has 0 aliphatic carbocycles. The normalized spacial score (nSPS) is 11.1. The lowest BCUT2D eigenvalue weighted by atomic mass is 9.99. The lowest BCUT2D eigenvalue weighted by Crippen LogP contribution is -2.27. The Morgan fingerprint density at radius 2 is 1.83 bits per heavy atom. The number of carbonyl (C=O) groups excluding carboxylic acids is 1. The Hall–Kier alpha value is -3.25. The summed E-state index contributed by atoms with van der Waals surface area (Å²) in [7, 11) is 0. The number of nitrogens with one attached hydrogen (secondary N) is 1. The molecule has 5 nitrogen and oxygen atoms in total. The van der Waals surface area contributed by atoms with Gasteiger partial charge in [0, 0.05) is 16.6 Å². The highest BCUT2D eigenvalue weighted by atomic mass is 32.1. The van der Waals surface area contributed by atoms with Crippen molar-refractivity contribution in [2.24, 2.45) is 0 Å². The number of thiophene rings is 1. The van der Waals surface area contributed by atoms with Crippen LogP contribution in [-0.4, -0.2) is 15.5 Å². The molecule has 4 rings (SSSR count). The van der Waals surface area contributed by atoms with Gasteiger partial charge in [0.05, 0.1) is 11.7 Å². The fraction of sp³-hybridized carbons (Fsp3) is 0.174. The number of amides is 1. The van der Waals surface area contributed by atoms with E-state index in [0.29, 0.717) is 21.8 Å². The molecule has 1 amide bonds. The van der Waals surface area contributed by atoms with Crippen LogP contribution in [0.5, 0.6) is 0 Å². The fourth-order valence-corrected chi connectivity index (χ4v) is 4.12. The number of carbonyl (C=O) groups is 1. The van der Waals surface area contributed by atoms with Crippen LogP contribution in [0.4, 0.5) is 5.69 Å². The highest BCUT2D eigenvalue weighted by Crippen LogP contribution is 2.31. The van der Waals surface area contributed by atoms with Crippen LogP contribution < -0.4 is 10.9 Å². The second-order valence-electron chi connectivity index (χ2n) is 7.20. The van der Waals surface area contributed by atoms with E-state index in [9.17, 15) is 9.59 Å². The summed E-state index contributed by atoms with van der Waals surface area (Å²) in [5.74, 6) is 0.183. The Morgan fingerprint density at radius 1 is 1.10 bits per heavy atom. The molecule has 0 fully saturated rings. The third kappa shape index (κ3) is 3.98. The predicted molar refractivity (Wildman–Crippen MR) is 118 cm³/mol. The molecule has 1 N–H and O–H groups in total. The van der Waals surface area contributed by atoms with E-state index in [1.54, 1.807) is 12.1 Å². The highest BCUT2D eigenvalue weighted by Gasteiger charge is 2.15. The molecule has 0 bridgehead atoms. The predicted octanol–water partition coefficient (Wildman–Crippen LogP) is 4.89. The van der Waals surface area contributed by atoms with Gasteiger partial charge >= 0.3 is 0 Å². The van der Waals surface area contributed by atoms with E-state index in [-0.39, 0.29) is 18.0 Å². The molecule has 29 heavy (non-hydrogen) atoms. The minimum atomic E-state index is -0.266. The summed E-state index contributed by atoms with van der Waals surface area (Å²) < 4.78 is 1.36. The molecular formula is C23H21N3O2S. The Kier molecular flexibility index (Phi) is 5.27. The number of para-hydroxylation sites is 1. The third-order valence-electron chi connectivity index (χ3n) is 4.82. The van der Waals surface area contributed by atoms with Gasteiger partial charge in [-0.25, -0.2) is 4.98 Å². The molecule has 2 heterocycles. The smallest absolute Gasteiger partial charge is 0.263 e. The van der Waals surface area contributed by atoms with Crippen LogP contribution in [-0.2, 0) is 11.3 Å². The van der Waals surface area contributed by atoms with Crippen LogP contribution >= 0.6 is 11.3 Å². The Labute approximate surface area is 172 Å². The van der Waals surface area contributed by atoms with E-state index in [0.717, 1.165) is 11.1 Å². The molecule has 0 aliphatic heterocycles. The van der Waals surface area contributed by atoms with E-state index in [4.69, 9.17) is 0 Å². The van der Waals surface area contributed by atoms with Gasteiger partial charge in [-0.15, -0.1) is 11.3 Å². The van der Waals surface area contributed by atoms with Crippen LogP contribution in [0, 0.1) is 0 Å². The second-order valence-corrected chi connectivity index (χ2v) is 8.06. The summed E-state index contributed by atoms with van der Waals surface area (Å²) in [5, 5.41) is 5.31. The monoisotopic (exact) mass is 403 g/mol. The fourth-order valence-electron chi connectivity index (χ4n) is 3.22. The van der Waals surface area contributed by atoms with Gasteiger partial charge < -0.3 is 5.32 Å². The van der Waals surface area contributed by atoms with Crippen molar-refractivity contribution in [3.8, 4) is 11.1 Å². The maximum absolute atomic E-state index is 13.1. The van der Waals surface area contributed by atoms with Crippen molar-refractivity contribution in [3.63, 3.8) is 0 Å². The van der Waals surface area contributed by atoms with Gasteiger partial charge in [0.1, 0.15) is 11.4 Å². The molecule has 0 unspecified atom stereocenters. The lowest BCUT2D eigenvalue weighted by Gasteiger charge is -2.08. The second kappa shape index (κ2) is 8.01. The number of aromatic nitrogens is 2. The first-order valence-electron chi connectivity index (χ1n) is 9.45. The topological polar surface area (TPSA) is 64.0 Å². The van der Waals surface area contributed by atoms with E-state index >= 15 is 0 Å². The summed E-state index contributed by atoms with van der Waals surface area (Å²) in [5.41, 5.74) is 3.58. The summed E-state index contributed by atoms with van der Waals surface area (Å²) in [6.07, 6.45) is 1.44. The summed E-state index contributed by atoms with van der Waals surface area (Å²) in [6.45, 7) is 4.22. The average molecular weight is 404 g/mol. The van der Waals surface area contributed by atoms with E-state index < -0.39 is 0 Å². The largest absolute Gasteiger partial charge is 0.325 e. The maximum Gasteiger partial charge on any atom is 0.263 e. The Balaban J connectivity index is 1.65. The van der Waals surface area contributed by atoms with Gasteiger partial charge in [-0.1, -0.05) is 56.3 Å². The van der Waals surface area contributed by atoms with Gasteiger partial charge in [0.2, 0.25) is 5.91 Å². The minimum absolute atomic E-state index is 0.0851. The molecule has 6 heteroatoms. The van der Waals surface area contributed by atoms with Crippen LogP contribution in [0.3, 0.4) is 0 Å². The van der Waals surface area contributed by atoms with Gasteiger partial charge in [0.15, 0.2) is 0 Å². The summed E-state index contributed by atoms with van der Waals surface area (Å²) in [6, 6.07) is 17.4. The van der Waals surface area contributed by atoms with Crippen molar-refractivity contribution >= 4 is 33.1 Å². The SMILES string of the molecule is CC(C)c1ccc(-c2csc3ncn(CC(=O)Nc4ccccc4)c(=O)c23)cc1. The standard InChI is InChI=1S/C23H21N3O2S/c1-15(2)16-8-10-17(11-9-16)19-13-29-22-21(19)23(28)26(14-24-22)12-20(27)25-18-6-4-3-5-7-18/h3-11,13-15H,12H2,1-2H3,(H,25,27). The molecule has 0 saturated heterocycles. The van der Waals surface area contributed by atoms with Gasteiger partial charge in [-0.05, 0) is 29.2 Å². The first-order chi connectivity index (χ1) is 14.0. The molecule has 0 atom stereocenters. The van der Waals surface area contributed by atoms with Crippen LogP contribution in [0.15, 0.2) is 71.1 Å². The zero-order valence-corrected chi connectivity index (χ0v) is 17.1. The van der Waals surface area contributed by atoms with E-state index in [1.165, 1.54) is 27.8 Å². The number of hydrogen-bond donors (Lipinski definition) is 1. The number of anilines is 1. The molecule has 0 saturated carbocycles. The number of hydrogen-bond acceptors (Lipinski definition) is 4. The molecular weight excluding hydrogens is 382 g/mol. The summed E-state index contributed by atoms with van der Waals surface area (Å²) >= 11 is 1.44. The van der Waals surface area contributed by atoms with Crippen molar-refractivity contribution in [1.82, 2.24) is 9.55 Å². The third-order valence-corrected chi connectivity index (χ3v) is 5.71. The zero-order valence-electron chi connectivity index (χ0n) is 16.3. The van der Waals surface area contributed by atoms with E-state index in [1.807, 2.05) is 35.7 Å². The van der Waals surface area contributed by atoms with Crippen molar-refractivity contribution in [2.75, 3.05) is 5.32 Å². The number of nitrogens with zero attached hydrogens (tertiary/aromatic N) is 2. The van der Waals surface area contributed by atoms with E-state index in [2.05, 4.69) is 36.3 Å². The zero-order chi connectivity index (χ0) is 20.4. The molecule has 0 aliphatic rings. The van der Waals surface area contributed by atoms with Crippen molar-refractivity contribution < 1.29 is 4.79 Å². The van der Waals surface area contributed by atoms with Gasteiger partial charge in [-0.2, -0.15) is 0 Å². The number of rotatable bonds is 5. The average Bonchev–Trinajstić information content (AvgIpc) is 3.16. The van der Waals surface area contributed by atoms with Crippen molar-refractivity contribution in [2.45, 2.75) is 26.3 Å². The van der Waals surface area contributed by atoms with Crippen LogP contribution in [0.2, 0.25) is 0 Å². The summed E-state index contributed by atoms with van der Waals surface area (Å²) in [4.78, 5) is 30.5. The van der Waals surface area contributed by atoms with Gasteiger partial charge in [0.25, 0.3) is 5.56 Å². The quantitative estimate of drug-likeness (QED) is 0.516.